The molecule has 0 aliphatic carbocycles. The Bertz CT molecular complexity index is 1020. The molecule has 6 heteroatoms. The minimum atomic E-state index is -0.000846. The van der Waals surface area contributed by atoms with Crippen molar-refractivity contribution in [2.24, 2.45) is 0 Å². The number of ether oxygens (including phenoxy) is 2. The van der Waals surface area contributed by atoms with E-state index in [0.29, 0.717) is 35.3 Å². The van der Waals surface area contributed by atoms with Crippen molar-refractivity contribution in [2.45, 2.75) is 32.4 Å². The first-order valence-corrected chi connectivity index (χ1v) is 10.9. The molecule has 2 aromatic carbocycles. The molecule has 1 aromatic heterocycles. The average molecular weight is 437 g/mol. The average Bonchev–Trinajstić information content (AvgIpc) is 3.29. The summed E-state index contributed by atoms with van der Waals surface area (Å²) < 4.78 is 11.7. The summed E-state index contributed by atoms with van der Waals surface area (Å²) in [5.41, 5.74) is 2.72. The molecule has 31 heavy (non-hydrogen) atoms. The predicted molar refractivity (Wildman–Crippen MR) is 121 cm³/mol. The van der Waals surface area contributed by atoms with Gasteiger partial charge in [0.15, 0.2) is 11.5 Å². The van der Waals surface area contributed by atoms with Crippen molar-refractivity contribution >= 4 is 17.5 Å². The number of hydrogen-bond donors (Lipinski definition) is 0. The van der Waals surface area contributed by atoms with Crippen molar-refractivity contribution in [3.8, 4) is 11.5 Å². The maximum atomic E-state index is 13.3. The summed E-state index contributed by atoms with van der Waals surface area (Å²) in [6.07, 6.45) is 5.39. The summed E-state index contributed by atoms with van der Waals surface area (Å²) in [7, 11) is 0. The van der Waals surface area contributed by atoms with Crippen molar-refractivity contribution in [2.75, 3.05) is 13.2 Å². The molecule has 1 unspecified atom stereocenters. The number of pyridine rings is 1. The van der Waals surface area contributed by atoms with Crippen LogP contribution in [-0.2, 0) is 6.61 Å². The predicted octanol–water partition coefficient (Wildman–Crippen LogP) is 5.69. The fourth-order valence-electron chi connectivity index (χ4n) is 3.88. The normalized spacial score (nSPS) is 15.7. The molecule has 0 spiro atoms. The van der Waals surface area contributed by atoms with E-state index in [4.69, 9.17) is 21.1 Å². The molecule has 1 atom stereocenters. The summed E-state index contributed by atoms with van der Waals surface area (Å²) >= 11 is 6.03. The molecule has 0 bridgehead atoms. The minimum absolute atomic E-state index is 0.000846. The summed E-state index contributed by atoms with van der Waals surface area (Å²) in [6, 6.07) is 17.0. The number of hydrogen-bond acceptors (Lipinski definition) is 4. The smallest absolute Gasteiger partial charge is 0.254 e. The molecule has 3 aromatic rings. The first kappa shape index (κ1) is 21.2. The topological polar surface area (TPSA) is 51.7 Å². The van der Waals surface area contributed by atoms with Crippen LogP contribution in [0.2, 0.25) is 5.02 Å². The van der Waals surface area contributed by atoms with Crippen molar-refractivity contribution in [3.63, 3.8) is 0 Å². The lowest BCUT2D eigenvalue weighted by Gasteiger charge is -2.25. The standard InChI is InChI=1S/C25H25ClN2O3/c1-2-30-24-16-20(7-10-23(24)31-17-18-11-13-27-14-12-18)25(29)28-15-3-4-22(28)19-5-8-21(26)9-6-19/h5-14,16,22H,2-4,15,17H2,1H3. The molecule has 1 aliphatic rings. The Morgan fingerprint density at radius 1 is 1.06 bits per heavy atom. The Kier molecular flexibility index (Phi) is 6.73. The highest BCUT2D eigenvalue weighted by atomic mass is 35.5. The summed E-state index contributed by atoms with van der Waals surface area (Å²) in [5.74, 6) is 1.19. The van der Waals surface area contributed by atoms with Crippen molar-refractivity contribution in [3.05, 3.63) is 88.7 Å². The molecule has 1 aliphatic heterocycles. The van der Waals surface area contributed by atoms with Gasteiger partial charge in [-0.25, -0.2) is 0 Å². The number of rotatable bonds is 7. The van der Waals surface area contributed by atoms with E-state index in [0.717, 1.165) is 30.5 Å². The largest absolute Gasteiger partial charge is 0.490 e. The van der Waals surface area contributed by atoms with Crippen LogP contribution < -0.4 is 9.47 Å². The second-order valence-electron chi connectivity index (χ2n) is 7.45. The van der Waals surface area contributed by atoms with Gasteiger partial charge in [-0.05, 0) is 73.4 Å². The zero-order chi connectivity index (χ0) is 21.6. The van der Waals surface area contributed by atoms with Crippen LogP contribution in [0.1, 0.15) is 47.3 Å². The number of carbonyl (C=O) groups is 1. The van der Waals surface area contributed by atoms with Crippen LogP contribution in [0.3, 0.4) is 0 Å². The summed E-state index contributed by atoms with van der Waals surface area (Å²) in [5, 5.41) is 0.698. The monoisotopic (exact) mass is 436 g/mol. The number of likely N-dealkylation sites (tertiary alicyclic amines) is 1. The van der Waals surface area contributed by atoms with Crippen LogP contribution in [0, 0.1) is 0 Å². The van der Waals surface area contributed by atoms with Gasteiger partial charge in [-0.3, -0.25) is 9.78 Å². The maximum Gasteiger partial charge on any atom is 0.254 e. The van der Waals surface area contributed by atoms with Crippen molar-refractivity contribution < 1.29 is 14.3 Å². The Hall–Kier alpha value is -3.05. The lowest BCUT2D eigenvalue weighted by molar-refractivity contribution is 0.0735. The Morgan fingerprint density at radius 3 is 2.58 bits per heavy atom. The maximum absolute atomic E-state index is 13.3. The number of nitrogens with zero attached hydrogens (tertiary/aromatic N) is 2. The van der Waals surface area contributed by atoms with Crippen LogP contribution in [0.25, 0.3) is 0 Å². The van der Waals surface area contributed by atoms with Crippen LogP contribution in [0.5, 0.6) is 11.5 Å². The molecule has 0 radical (unpaired) electrons. The molecule has 1 amide bonds. The van der Waals surface area contributed by atoms with Crippen LogP contribution in [0.15, 0.2) is 67.0 Å². The zero-order valence-electron chi connectivity index (χ0n) is 17.5. The van der Waals surface area contributed by atoms with E-state index in [-0.39, 0.29) is 11.9 Å². The number of amides is 1. The quantitative estimate of drug-likeness (QED) is 0.477. The zero-order valence-corrected chi connectivity index (χ0v) is 18.2. The van der Waals surface area contributed by atoms with E-state index in [2.05, 4.69) is 4.98 Å². The summed E-state index contributed by atoms with van der Waals surface area (Å²) in [4.78, 5) is 19.3. The lowest BCUT2D eigenvalue weighted by Crippen LogP contribution is -2.30. The Labute approximate surface area is 187 Å². The molecule has 1 fully saturated rings. The van der Waals surface area contributed by atoms with Gasteiger partial charge < -0.3 is 14.4 Å². The molecule has 5 nitrogen and oxygen atoms in total. The first-order valence-electron chi connectivity index (χ1n) is 10.5. The van der Waals surface area contributed by atoms with E-state index < -0.39 is 0 Å². The van der Waals surface area contributed by atoms with Gasteiger partial charge in [0.1, 0.15) is 6.61 Å². The fourth-order valence-corrected chi connectivity index (χ4v) is 4.00. The van der Waals surface area contributed by atoms with E-state index >= 15 is 0 Å². The third-order valence-corrected chi connectivity index (χ3v) is 5.65. The third-order valence-electron chi connectivity index (χ3n) is 5.40. The molecule has 0 N–H and O–H groups in total. The minimum Gasteiger partial charge on any atom is -0.490 e. The SMILES string of the molecule is CCOc1cc(C(=O)N2CCCC2c2ccc(Cl)cc2)ccc1OCc1ccncc1. The molecule has 1 saturated heterocycles. The molecule has 160 valence electrons. The highest BCUT2D eigenvalue weighted by molar-refractivity contribution is 6.30. The van der Waals surface area contributed by atoms with E-state index in [1.807, 2.05) is 60.4 Å². The van der Waals surface area contributed by atoms with Crippen molar-refractivity contribution in [1.82, 2.24) is 9.88 Å². The number of halogens is 1. The molecule has 2 heterocycles. The second-order valence-corrected chi connectivity index (χ2v) is 7.88. The second kappa shape index (κ2) is 9.84. The Morgan fingerprint density at radius 2 is 1.84 bits per heavy atom. The van der Waals surface area contributed by atoms with E-state index in [9.17, 15) is 4.79 Å². The lowest BCUT2D eigenvalue weighted by atomic mass is 10.0. The number of benzene rings is 2. The fraction of sp³-hybridized carbons (Fsp3) is 0.280. The van der Waals surface area contributed by atoms with Crippen LogP contribution in [0.4, 0.5) is 0 Å². The van der Waals surface area contributed by atoms with Gasteiger partial charge in [0, 0.05) is 29.5 Å². The third kappa shape index (κ3) is 5.00. The molecular formula is C25H25ClN2O3. The van der Waals surface area contributed by atoms with Gasteiger partial charge in [0.25, 0.3) is 5.91 Å². The number of aromatic nitrogens is 1. The van der Waals surface area contributed by atoms with Gasteiger partial charge in [-0.15, -0.1) is 0 Å². The Balaban J connectivity index is 1.53. The van der Waals surface area contributed by atoms with Gasteiger partial charge >= 0.3 is 0 Å². The molecule has 4 rings (SSSR count). The van der Waals surface area contributed by atoms with Gasteiger partial charge in [0.05, 0.1) is 12.6 Å². The van der Waals surface area contributed by atoms with Crippen molar-refractivity contribution in [1.29, 1.82) is 0 Å². The molecule has 0 saturated carbocycles. The first-order chi connectivity index (χ1) is 15.2. The summed E-state index contributed by atoms with van der Waals surface area (Å²) in [6.45, 7) is 3.54. The number of carbonyl (C=O) groups excluding carboxylic acids is 1. The van der Waals surface area contributed by atoms with E-state index in [1.54, 1.807) is 18.5 Å². The highest BCUT2D eigenvalue weighted by Gasteiger charge is 2.31. The highest BCUT2D eigenvalue weighted by Crippen LogP contribution is 2.35. The van der Waals surface area contributed by atoms with Gasteiger partial charge in [-0.2, -0.15) is 0 Å². The van der Waals surface area contributed by atoms with Gasteiger partial charge in [-0.1, -0.05) is 23.7 Å². The van der Waals surface area contributed by atoms with Crippen LogP contribution >= 0.6 is 11.6 Å². The van der Waals surface area contributed by atoms with Gasteiger partial charge in [0.2, 0.25) is 0 Å². The molecular weight excluding hydrogens is 412 g/mol. The van der Waals surface area contributed by atoms with E-state index in [1.165, 1.54) is 0 Å². The van der Waals surface area contributed by atoms with Crippen LogP contribution in [-0.4, -0.2) is 28.9 Å².